The van der Waals surface area contributed by atoms with Crippen molar-refractivity contribution < 1.29 is 0 Å². The Labute approximate surface area is 212 Å². The summed E-state index contributed by atoms with van der Waals surface area (Å²) in [5, 5.41) is 2.62. The molecule has 7 rings (SSSR count). The van der Waals surface area contributed by atoms with Gasteiger partial charge in [-0.2, -0.15) is 0 Å². The third-order valence-electron chi connectivity index (χ3n) is 8.26. The van der Waals surface area contributed by atoms with E-state index in [4.69, 9.17) is 0 Å². The SMILES string of the molecule is Cc1ccccc1-c1cc2c(cc1C)C(C)(C)c1cc3c(cc1-2)c1ccccc1n3-c1ccccc1. The topological polar surface area (TPSA) is 4.93 Å². The zero-order valence-corrected chi connectivity index (χ0v) is 21.3. The molecule has 1 heterocycles. The molecule has 36 heavy (non-hydrogen) atoms. The molecule has 0 atom stereocenters. The molecular weight excluding hydrogens is 434 g/mol. The van der Waals surface area contributed by atoms with Gasteiger partial charge in [0.15, 0.2) is 0 Å². The minimum atomic E-state index is -0.0636. The second-order valence-electron chi connectivity index (χ2n) is 10.8. The summed E-state index contributed by atoms with van der Waals surface area (Å²) in [6.45, 7) is 9.23. The fraction of sp³-hybridized carbons (Fsp3) is 0.143. The van der Waals surface area contributed by atoms with Gasteiger partial charge in [-0.1, -0.05) is 80.6 Å². The lowest BCUT2D eigenvalue weighted by Gasteiger charge is -2.23. The zero-order chi connectivity index (χ0) is 24.6. The molecule has 0 N–H and O–H groups in total. The maximum absolute atomic E-state index is 2.46. The molecule has 0 spiro atoms. The van der Waals surface area contributed by atoms with Crippen molar-refractivity contribution in [1.29, 1.82) is 0 Å². The fourth-order valence-corrected chi connectivity index (χ4v) is 6.37. The van der Waals surface area contributed by atoms with Crippen molar-refractivity contribution in [2.24, 2.45) is 0 Å². The van der Waals surface area contributed by atoms with Gasteiger partial charge in [-0.05, 0) is 94.8 Å². The molecule has 1 nitrogen and oxygen atoms in total. The van der Waals surface area contributed by atoms with Crippen LogP contribution in [0.15, 0.2) is 103 Å². The maximum Gasteiger partial charge on any atom is 0.0544 e. The number of hydrogen-bond donors (Lipinski definition) is 0. The highest BCUT2D eigenvalue weighted by Crippen LogP contribution is 2.52. The highest BCUT2D eigenvalue weighted by Gasteiger charge is 2.37. The quantitative estimate of drug-likeness (QED) is 0.241. The largest absolute Gasteiger partial charge is 0.309 e. The number of fused-ring (bicyclic) bond motifs is 6. The highest BCUT2D eigenvalue weighted by molar-refractivity contribution is 6.11. The third-order valence-corrected chi connectivity index (χ3v) is 8.26. The summed E-state index contributed by atoms with van der Waals surface area (Å²) in [4.78, 5) is 0. The van der Waals surface area contributed by atoms with Gasteiger partial charge in [0.05, 0.1) is 11.0 Å². The molecule has 1 aromatic heterocycles. The van der Waals surface area contributed by atoms with Gasteiger partial charge >= 0.3 is 0 Å². The Kier molecular flexibility index (Phi) is 4.39. The van der Waals surface area contributed by atoms with Crippen molar-refractivity contribution in [3.05, 3.63) is 125 Å². The van der Waals surface area contributed by atoms with Gasteiger partial charge in [0.1, 0.15) is 0 Å². The molecule has 0 saturated carbocycles. The van der Waals surface area contributed by atoms with E-state index in [1.807, 2.05) is 0 Å². The molecule has 1 aliphatic carbocycles. The molecular formula is C35H29N. The Balaban J connectivity index is 1.56. The first-order valence-electron chi connectivity index (χ1n) is 12.8. The van der Waals surface area contributed by atoms with Crippen LogP contribution in [-0.2, 0) is 5.41 Å². The smallest absolute Gasteiger partial charge is 0.0544 e. The summed E-state index contributed by atoms with van der Waals surface area (Å²) in [6.07, 6.45) is 0. The molecule has 0 bridgehead atoms. The van der Waals surface area contributed by atoms with E-state index in [0.717, 1.165) is 0 Å². The minimum absolute atomic E-state index is 0.0636. The highest BCUT2D eigenvalue weighted by atomic mass is 15.0. The van der Waals surface area contributed by atoms with Crippen LogP contribution in [0.25, 0.3) is 49.7 Å². The number of rotatable bonds is 2. The molecule has 174 valence electrons. The molecule has 0 aliphatic heterocycles. The number of benzene rings is 5. The predicted octanol–water partition coefficient (Wildman–Crippen LogP) is 9.37. The lowest BCUT2D eigenvalue weighted by Crippen LogP contribution is -2.15. The van der Waals surface area contributed by atoms with E-state index in [1.165, 1.54) is 72.0 Å². The van der Waals surface area contributed by atoms with Crippen LogP contribution in [0, 0.1) is 13.8 Å². The minimum Gasteiger partial charge on any atom is -0.309 e. The standard InChI is InChI=1S/C35H29N/c1-22-12-8-9-15-25(22)27-19-28-29-20-30-26-16-10-11-17-33(26)36(24-13-6-5-7-14-24)34(30)21-32(29)35(3,4)31(28)18-23(27)2/h5-21H,1-4H3. The van der Waals surface area contributed by atoms with Gasteiger partial charge in [0.25, 0.3) is 0 Å². The lowest BCUT2D eigenvalue weighted by molar-refractivity contribution is 0.660. The molecule has 6 aromatic rings. The monoisotopic (exact) mass is 463 g/mol. The van der Waals surface area contributed by atoms with Crippen LogP contribution < -0.4 is 0 Å². The van der Waals surface area contributed by atoms with Crippen molar-refractivity contribution >= 4 is 21.8 Å². The van der Waals surface area contributed by atoms with E-state index in [9.17, 15) is 0 Å². The molecule has 0 unspecified atom stereocenters. The molecule has 0 amide bonds. The second-order valence-corrected chi connectivity index (χ2v) is 10.8. The van der Waals surface area contributed by atoms with Gasteiger partial charge in [-0.25, -0.2) is 0 Å². The number of aryl methyl sites for hydroxylation is 2. The Hall–Kier alpha value is -4.10. The summed E-state index contributed by atoms with van der Waals surface area (Å²) >= 11 is 0. The molecule has 1 aliphatic rings. The van der Waals surface area contributed by atoms with E-state index >= 15 is 0 Å². The van der Waals surface area contributed by atoms with Crippen molar-refractivity contribution in [3.63, 3.8) is 0 Å². The molecule has 0 radical (unpaired) electrons. The summed E-state index contributed by atoms with van der Waals surface area (Å²) in [5.74, 6) is 0. The van der Waals surface area contributed by atoms with Crippen molar-refractivity contribution in [3.8, 4) is 27.9 Å². The van der Waals surface area contributed by atoms with Crippen molar-refractivity contribution in [1.82, 2.24) is 4.57 Å². The van der Waals surface area contributed by atoms with Gasteiger partial charge in [-0.3, -0.25) is 0 Å². The predicted molar refractivity (Wildman–Crippen MR) is 153 cm³/mol. The lowest BCUT2D eigenvalue weighted by atomic mass is 9.81. The Morgan fingerprint density at radius 3 is 1.97 bits per heavy atom. The zero-order valence-electron chi connectivity index (χ0n) is 21.3. The van der Waals surface area contributed by atoms with Crippen LogP contribution >= 0.6 is 0 Å². The number of aromatic nitrogens is 1. The van der Waals surface area contributed by atoms with Crippen LogP contribution in [0.2, 0.25) is 0 Å². The summed E-state index contributed by atoms with van der Waals surface area (Å²) < 4.78 is 2.42. The van der Waals surface area contributed by atoms with Gasteiger partial charge in [-0.15, -0.1) is 0 Å². The summed E-state index contributed by atoms with van der Waals surface area (Å²) in [7, 11) is 0. The second kappa shape index (κ2) is 7.45. The molecule has 0 fully saturated rings. The molecule has 0 saturated heterocycles. The average Bonchev–Trinajstić information content (AvgIpc) is 3.32. The first-order valence-corrected chi connectivity index (χ1v) is 12.8. The van der Waals surface area contributed by atoms with E-state index in [1.54, 1.807) is 0 Å². The van der Waals surface area contributed by atoms with Crippen LogP contribution in [-0.4, -0.2) is 4.57 Å². The van der Waals surface area contributed by atoms with Crippen molar-refractivity contribution in [2.45, 2.75) is 33.1 Å². The van der Waals surface area contributed by atoms with Crippen LogP contribution in [0.1, 0.15) is 36.1 Å². The fourth-order valence-electron chi connectivity index (χ4n) is 6.37. The summed E-state index contributed by atoms with van der Waals surface area (Å²) in [5.41, 5.74) is 14.6. The Bertz CT molecular complexity index is 1820. The van der Waals surface area contributed by atoms with E-state index in [-0.39, 0.29) is 5.41 Å². The first kappa shape index (κ1) is 21.2. The van der Waals surface area contributed by atoms with E-state index in [2.05, 4.69) is 135 Å². The Morgan fingerprint density at radius 2 is 1.17 bits per heavy atom. The number of nitrogens with zero attached hydrogens (tertiary/aromatic N) is 1. The van der Waals surface area contributed by atoms with E-state index in [0.29, 0.717) is 0 Å². The first-order chi connectivity index (χ1) is 17.4. The van der Waals surface area contributed by atoms with Crippen LogP contribution in [0.5, 0.6) is 0 Å². The summed E-state index contributed by atoms with van der Waals surface area (Å²) in [6, 6.07) is 38.1. The number of hydrogen-bond acceptors (Lipinski definition) is 0. The molecule has 5 aromatic carbocycles. The van der Waals surface area contributed by atoms with E-state index < -0.39 is 0 Å². The third kappa shape index (κ3) is 2.83. The van der Waals surface area contributed by atoms with Crippen LogP contribution in [0.4, 0.5) is 0 Å². The normalized spacial score (nSPS) is 13.8. The average molecular weight is 464 g/mol. The molecule has 1 heteroatoms. The van der Waals surface area contributed by atoms with Gasteiger partial charge in [0, 0.05) is 21.9 Å². The van der Waals surface area contributed by atoms with Gasteiger partial charge in [0.2, 0.25) is 0 Å². The van der Waals surface area contributed by atoms with Crippen molar-refractivity contribution in [2.75, 3.05) is 0 Å². The van der Waals surface area contributed by atoms with Gasteiger partial charge < -0.3 is 4.57 Å². The Morgan fingerprint density at radius 1 is 0.500 bits per heavy atom. The van der Waals surface area contributed by atoms with Crippen LogP contribution in [0.3, 0.4) is 0 Å². The number of para-hydroxylation sites is 2. The maximum atomic E-state index is 2.46.